The molecule has 0 fully saturated rings. The molecule has 3 aromatic rings. The highest BCUT2D eigenvalue weighted by Gasteiger charge is 2.06. The summed E-state index contributed by atoms with van der Waals surface area (Å²) in [5, 5.41) is 2.50. The summed E-state index contributed by atoms with van der Waals surface area (Å²) in [6.45, 7) is 0. The summed E-state index contributed by atoms with van der Waals surface area (Å²) in [6, 6.07) is 18.9. The quantitative estimate of drug-likeness (QED) is 0.626. The molecule has 0 spiro atoms. The van der Waals surface area contributed by atoms with Crippen molar-refractivity contribution in [3.05, 3.63) is 75.6 Å². The van der Waals surface area contributed by atoms with Gasteiger partial charge in [-0.3, -0.25) is 4.98 Å². The summed E-state index contributed by atoms with van der Waals surface area (Å²) in [4.78, 5) is 4.59. The summed E-state index contributed by atoms with van der Waals surface area (Å²) < 4.78 is 1.26. The van der Waals surface area contributed by atoms with Crippen LogP contribution < -0.4 is 0 Å². The number of aromatic nitrogens is 1. The zero-order valence-electron chi connectivity index (χ0n) is 9.81. The van der Waals surface area contributed by atoms with E-state index in [0.29, 0.717) is 0 Å². The number of fused-ring (bicyclic) bond motifs is 1. The van der Waals surface area contributed by atoms with Crippen LogP contribution >= 0.6 is 22.6 Å². The Bertz CT molecular complexity index is 677. The molecule has 0 bridgehead atoms. The molecule has 2 heteroatoms. The molecule has 0 aliphatic carbocycles. The SMILES string of the molecule is Ic1c(Cc2ccccc2)ncc2ccccc12. The van der Waals surface area contributed by atoms with E-state index in [1.54, 1.807) is 0 Å². The Labute approximate surface area is 120 Å². The average molecular weight is 345 g/mol. The molecule has 0 aliphatic heterocycles. The van der Waals surface area contributed by atoms with E-state index in [-0.39, 0.29) is 0 Å². The van der Waals surface area contributed by atoms with E-state index < -0.39 is 0 Å². The molecule has 1 nitrogen and oxygen atoms in total. The van der Waals surface area contributed by atoms with Crippen molar-refractivity contribution in [2.24, 2.45) is 0 Å². The topological polar surface area (TPSA) is 12.9 Å². The highest BCUT2D eigenvalue weighted by Crippen LogP contribution is 2.23. The second-order valence-electron chi connectivity index (χ2n) is 4.27. The van der Waals surface area contributed by atoms with Crippen molar-refractivity contribution in [1.82, 2.24) is 4.98 Å². The van der Waals surface area contributed by atoms with Gasteiger partial charge in [0.15, 0.2) is 0 Å². The number of rotatable bonds is 2. The Morgan fingerprint density at radius 1 is 0.889 bits per heavy atom. The van der Waals surface area contributed by atoms with Crippen LogP contribution in [-0.2, 0) is 6.42 Å². The van der Waals surface area contributed by atoms with Gasteiger partial charge in [0, 0.05) is 21.6 Å². The van der Waals surface area contributed by atoms with Crippen molar-refractivity contribution >= 4 is 33.4 Å². The van der Waals surface area contributed by atoms with E-state index in [0.717, 1.165) is 12.1 Å². The second kappa shape index (κ2) is 5.06. The second-order valence-corrected chi connectivity index (χ2v) is 5.35. The van der Waals surface area contributed by atoms with Crippen LogP contribution in [0.25, 0.3) is 10.8 Å². The van der Waals surface area contributed by atoms with Crippen LogP contribution in [0.4, 0.5) is 0 Å². The zero-order valence-corrected chi connectivity index (χ0v) is 12.0. The molecule has 3 rings (SSSR count). The number of nitrogens with zero attached hydrogens (tertiary/aromatic N) is 1. The fraction of sp³-hybridized carbons (Fsp3) is 0.0625. The van der Waals surface area contributed by atoms with Crippen molar-refractivity contribution in [1.29, 1.82) is 0 Å². The maximum atomic E-state index is 4.59. The summed E-state index contributed by atoms with van der Waals surface area (Å²) >= 11 is 2.40. The molecule has 18 heavy (non-hydrogen) atoms. The fourth-order valence-electron chi connectivity index (χ4n) is 2.08. The van der Waals surface area contributed by atoms with Gasteiger partial charge < -0.3 is 0 Å². The predicted octanol–water partition coefficient (Wildman–Crippen LogP) is 4.43. The molecule has 1 aromatic heterocycles. The van der Waals surface area contributed by atoms with Gasteiger partial charge in [-0.25, -0.2) is 0 Å². The average Bonchev–Trinajstić information content (AvgIpc) is 2.43. The largest absolute Gasteiger partial charge is 0.259 e. The molecule has 1 heterocycles. The van der Waals surface area contributed by atoms with Crippen LogP contribution in [0.2, 0.25) is 0 Å². The van der Waals surface area contributed by atoms with Gasteiger partial charge in [0.1, 0.15) is 0 Å². The van der Waals surface area contributed by atoms with Gasteiger partial charge >= 0.3 is 0 Å². The molecule has 88 valence electrons. The van der Waals surface area contributed by atoms with Crippen molar-refractivity contribution in [3.63, 3.8) is 0 Å². The first-order valence-corrected chi connectivity index (χ1v) is 6.98. The first kappa shape index (κ1) is 11.7. The Morgan fingerprint density at radius 3 is 2.44 bits per heavy atom. The molecule has 2 aromatic carbocycles. The highest BCUT2D eigenvalue weighted by atomic mass is 127. The van der Waals surface area contributed by atoms with E-state index in [1.165, 1.54) is 19.9 Å². The van der Waals surface area contributed by atoms with Crippen molar-refractivity contribution in [3.8, 4) is 0 Å². The summed E-state index contributed by atoms with van der Waals surface area (Å²) in [6.07, 6.45) is 2.86. The van der Waals surface area contributed by atoms with Crippen molar-refractivity contribution in [2.45, 2.75) is 6.42 Å². The maximum absolute atomic E-state index is 4.59. The molecule has 0 unspecified atom stereocenters. The monoisotopic (exact) mass is 345 g/mol. The van der Waals surface area contributed by atoms with Gasteiger partial charge in [0.2, 0.25) is 0 Å². The Kier molecular flexibility index (Phi) is 3.28. The molecule has 0 atom stereocenters. The first-order chi connectivity index (χ1) is 8.84. The van der Waals surface area contributed by atoms with E-state index in [2.05, 4.69) is 76.1 Å². The smallest absolute Gasteiger partial charge is 0.0587 e. The van der Waals surface area contributed by atoms with E-state index in [1.807, 2.05) is 12.3 Å². The molecule has 0 saturated heterocycles. The lowest BCUT2D eigenvalue weighted by Crippen LogP contribution is -1.96. The minimum Gasteiger partial charge on any atom is -0.259 e. The predicted molar refractivity (Wildman–Crippen MR) is 83.7 cm³/mol. The normalized spacial score (nSPS) is 10.7. The van der Waals surface area contributed by atoms with Gasteiger partial charge in [-0.1, -0.05) is 54.6 Å². The van der Waals surface area contributed by atoms with E-state index >= 15 is 0 Å². The summed E-state index contributed by atoms with van der Waals surface area (Å²) in [5.74, 6) is 0. The molecular formula is C16H12IN. The van der Waals surface area contributed by atoms with E-state index in [4.69, 9.17) is 0 Å². The minimum absolute atomic E-state index is 0.893. The lowest BCUT2D eigenvalue weighted by Gasteiger charge is -2.07. The molecule has 0 N–H and O–H groups in total. The molecular weight excluding hydrogens is 333 g/mol. The number of halogens is 1. The van der Waals surface area contributed by atoms with Crippen LogP contribution in [-0.4, -0.2) is 4.98 Å². The lowest BCUT2D eigenvalue weighted by atomic mass is 10.1. The minimum atomic E-state index is 0.893. The molecule has 0 radical (unpaired) electrons. The van der Waals surface area contributed by atoms with Crippen LogP contribution in [0.1, 0.15) is 11.3 Å². The van der Waals surface area contributed by atoms with Gasteiger partial charge in [0.05, 0.1) is 5.69 Å². The third-order valence-corrected chi connectivity index (χ3v) is 4.23. The van der Waals surface area contributed by atoms with Crippen LogP contribution in [0.5, 0.6) is 0 Å². The van der Waals surface area contributed by atoms with Crippen molar-refractivity contribution in [2.75, 3.05) is 0 Å². The molecule has 0 saturated carbocycles. The Hall–Kier alpha value is -1.42. The third-order valence-electron chi connectivity index (χ3n) is 3.02. The van der Waals surface area contributed by atoms with Crippen LogP contribution in [0.15, 0.2) is 60.8 Å². The number of hydrogen-bond donors (Lipinski definition) is 0. The Balaban J connectivity index is 2.05. The van der Waals surface area contributed by atoms with Gasteiger partial charge in [-0.15, -0.1) is 0 Å². The van der Waals surface area contributed by atoms with Gasteiger partial charge in [-0.05, 0) is 33.5 Å². The van der Waals surface area contributed by atoms with E-state index in [9.17, 15) is 0 Å². The van der Waals surface area contributed by atoms with Gasteiger partial charge in [-0.2, -0.15) is 0 Å². The number of benzene rings is 2. The number of pyridine rings is 1. The van der Waals surface area contributed by atoms with Gasteiger partial charge in [0.25, 0.3) is 0 Å². The molecule has 0 aliphatic rings. The third kappa shape index (κ3) is 2.25. The summed E-state index contributed by atoms with van der Waals surface area (Å²) in [7, 11) is 0. The Morgan fingerprint density at radius 2 is 1.61 bits per heavy atom. The fourth-order valence-corrected chi connectivity index (χ4v) is 2.90. The highest BCUT2D eigenvalue weighted by molar-refractivity contribution is 14.1. The lowest BCUT2D eigenvalue weighted by molar-refractivity contribution is 1.07. The maximum Gasteiger partial charge on any atom is 0.0587 e. The molecule has 0 amide bonds. The van der Waals surface area contributed by atoms with Crippen molar-refractivity contribution < 1.29 is 0 Å². The standard InChI is InChI=1S/C16H12IN/c17-16-14-9-5-4-8-13(14)11-18-15(16)10-12-6-2-1-3-7-12/h1-9,11H,10H2. The van der Waals surface area contributed by atoms with Crippen LogP contribution in [0, 0.1) is 3.57 Å². The van der Waals surface area contributed by atoms with Crippen LogP contribution in [0.3, 0.4) is 0 Å². The zero-order chi connectivity index (χ0) is 12.4. The summed E-state index contributed by atoms with van der Waals surface area (Å²) in [5.41, 5.74) is 2.46. The number of hydrogen-bond acceptors (Lipinski definition) is 1. The first-order valence-electron chi connectivity index (χ1n) is 5.90.